The Morgan fingerprint density at radius 3 is 2.42 bits per heavy atom. The first-order valence-electron chi connectivity index (χ1n) is 7.71. The predicted molar refractivity (Wildman–Crippen MR) is 90.2 cm³/mol. The summed E-state index contributed by atoms with van der Waals surface area (Å²) in [7, 11) is 0. The van der Waals surface area contributed by atoms with Crippen LogP contribution in [0.1, 0.15) is 23.1 Å². The summed E-state index contributed by atoms with van der Waals surface area (Å²) in [6.45, 7) is 3.62. The molecule has 0 unspecified atom stereocenters. The van der Waals surface area contributed by atoms with Gasteiger partial charge in [-0.15, -0.1) is 0 Å². The fourth-order valence-electron chi connectivity index (χ4n) is 2.13. The number of halogens is 1. The van der Waals surface area contributed by atoms with Gasteiger partial charge in [0.25, 0.3) is 5.91 Å². The van der Waals surface area contributed by atoms with E-state index in [2.05, 4.69) is 5.32 Å². The minimum absolute atomic E-state index is 0.141. The lowest BCUT2D eigenvalue weighted by Gasteiger charge is -2.08. The lowest BCUT2D eigenvalue weighted by molar-refractivity contribution is -0.147. The van der Waals surface area contributed by atoms with Gasteiger partial charge < -0.3 is 10.1 Å². The highest BCUT2D eigenvalue weighted by atomic mass is 19.1. The number of rotatable bonds is 6. The van der Waals surface area contributed by atoms with E-state index in [1.54, 1.807) is 18.2 Å². The van der Waals surface area contributed by atoms with Crippen molar-refractivity contribution in [2.24, 2.45) is 0 Å². The fraction of sp³-hybridized carbons (Fsp3) is 0.263. The highest BCUT2D eigenvalue weighted by Gasteiger charge is 2.09. The Bertz CT molecular complexity index is 726. The monoisotopic (exact) mass is 329 g/mol. The van der Waals surface area contributed by atoms with Gasteiger partial charge in [0.05, 0.1) is 0 Å². The van der Waals surface area contributed by atoms with E-state index in [1.807, 2.05) is 26.0 Å². The summed E-state index contributed by atoms with van der Waals surface area (Å²) in [6.07, 6.45) is 0.584. The second-order valence-electron chi connectivity index (χ2n) is 5.63. The van der Waals surface area contributed by atoms with E-state index in [0.29, 0.717) is 12.1 Å². The molecule has 0 atom stereocenters. The summed E-state index contributed by atoms with van der Waals surface area (Å²) in [5.41, 5.74) is 3.72. The van der Waals surface area contributed by atoms with Gasteiger partial charge in [-0.25, -0.2) is 4.39 Å². The van der Waals surface area contributed by atoms with Crippen molar-refractivity contribution in [2.45, 2.75) is 26.7 Å². The second-order valence-corrected chi connectivity index (χ2v) is 5.63. The number of ether oxygens (including phenoxy) is 1. The van der Waals surface area contributed by atoms with Crippen LogP contribution in [-0.4, -0.2) is 18.5 Å². The Labute approximate surface area is 140 Å². The van der Waals surface area contributed by atoms with Crippen molar-refractivity contribution in [1.29, 1.82) is 0 Å². The van der Waals surface area contributed by atoms with Gasteiger partial charge in [-0.1, -0.05) is 18.2 Å². The van der Waals surface area contributed by atoms with E-state index >= 15 is 0 Å². The van der Waals surface area contributed by atoms with Crippen LogP contribution in [0.3, 0.4) is 0 Å². The Morgan fingerprint density at radius 2 is 1.75 bits per heavy atom. The van der Waals surface area contributed by atoms with Gasteiger partial charge in [-0.05, 0) is 61.2 Å². The molecule has 0 heterocycles. The van der Waals surface area contributed by atoms with Crippen molar-refractivity contribution >= 4 is 17.6 Å². The van der Waals surface area contributed by atoms with Crippen LogP contribution >= 0.6 is 0 Å². The normalized spacial score (nSPS) is 10.3. The summed E-state index contributed by atoms with van der Waals surface area (Å²) >= 11 is 0. The number of anilines is 1. The molecule has 0 saturated heterocycles. The number of esters is 1. The van der Waals surface area contributed by atoms with Gasteiger partial charge in [0.1, 0.15) is 5.82 Å². The molecular formula is C19H20FNO3. The topological polar surface area (TPSA) is 55.4 Å². The Kier molecular flexibility index (Phi) is 6.07. The van der Waals surface area contributed by atoms with Gasteiger partial charge in [0, 0.05) is 12.1 Å². The SMILES string of the molecule is Cc1ccc(NC(=O)COC(=O)CCc2ccc(F)cc2)cc1C. The quantitative estimate of drug-likeness (QED) is 0.825. The molecule has 0 aromatic heterocycles. The number of carbonyl (C=O) groups excluding carboxylic acids is 2. The molecule has 2 rings (SSSR count). The predicted octanol–water partition coefficient (Wildman–Crippen LogP) is 3.56. The third-order valence-electron chi connectivity index (χ3n) is 3.69. The van der Waals surface area contributed by atoms with Crippen LogP contribution in [0.5, 0.6) is 0 Å². The number of benzene rings is 2. The maximum Gasteiger partial charge on any atom is 0.306 e. The average Bonchev–Trinajstić information content (AvgIpc) is 2.56. The summed E-state index contributed by atoms with van der Waals surface area (Å²) < 4.78 is 17.7. The van der Waals surface area contributed by atoms with Crippen LogP contribution in [0, 0.1) is 19.7 Å². The van der Waals surface area contributed by atoms with Crippen LogP contribution in [-0.2, 0) is 20.7 Å². The van der Waals surface area contributed by atoms with Gasteiger partial charge in [0.15, 0.2) is 6.61 Å². The molecule has 5 heteroatoms. The van der Waals surface area contributed by atoms with E-state index in [0.717, 1.165) is 16.7 Å². The van der Waals surface area contributed by atoms with Crippen molar-refractivity contribution in [3.63, 3.8) is 0 Å². The van der Waals surface area contributed by atoms with Crippen molar-refractivity contribution < 1.29 is 18.7 Å². The van der Waals surface area contributed by atoms with Crippen LogP contribution in [0.25, 0.3) is 0 Å². The molecule has 2 aromatic carbocycles. The third-order valence-corrected chi connectivity index (χ3v) is 3.69. The summed E-state index contributed by atoms with van der Waals surface area (Å²) in [5.74, 6) is -1.16. The minimum Gasteiger partial charge on any atom is -0.456 e. The lowest BCUT2D eigenvalue weighted by Crippen LogP contribution is -2.21. The molecule has 2 aromatic rings. The minimum atomic E-state index is -0.463. The van der Waals surface area contributed by atoms with Crippen molar-refractivity contribution in [3.8, 4) is 0 Å². The van der Waals surface area contributed by atoms with Crippen LogP contribution in [0.15, 0.2) is 42.5 Å². The largest absolute Gasteiger partial charge is 0.456 e. The van der Waals surface area contributed by atoms with E-state index < -0.39 is 5.97 Å². The Balaban J connectivity index is 1.73. The van der Waals surface area contributed by atoms with E-state index in [1.165, 1.54) is 12.1 Å². The molecule has 0 aliphatic rings. The molecule has 4 nitrogen and oxygen atoms in total. The Hall–Kier alpha value is -2.69. The molecule has 1 amide bonds. The molecule has 0 fully saturated rings. The van der Waals surface area contributed by atoms with E-state index in [9.17, 15) is 14.0 Å². The van der Waals surface area contributed by atoms with Crippen molar-refractivity contribution in [3.05, 3.63) is 65.0 Å². The van der Waals surface area contributed by atoms with E-state index in [4.69, 9.17) is 4.74 Å². The smallest absolute Gasteiger partial charge is 0.306 e. The Morgan fingerprint density at radius 1 is 1.04 bits per heavy atom. The first-order chi connectivity index (χ1) is 11.4. The van der Waals surface area contributed by atoms with Crippen molar-refractivity contribution in [1.82, 2.24) is 0 Å². The van der Waals surface area contributed by atoms with Gasteiger partial charge in [0.2, 0.25) is 0 Å². The highest BCUT2D eigenvalue weighted by Crippen LogP contribution is 2.14. The first kappa shape index (κ1) is 17.7. The zero-order chi connectivity index (χ0) is 17.5. The standard InChI is InChI=1S/C19H20FNO3/c1-13-3-9-17(11-14(13)2)21-18(22)12-24-19(23)10-6-15-4-7-16(20)8-5-15/h3-5,7-9,11H,6,10,12H2,1-2H3,(H,21,22). The maximum atomic E-state index is 12.8. The number of amides is 1. The van der Waals surface area contributed by atoms with Gasteiger partial charge >= 0.3 is 5.97 Å². The number of carbonyl (C=O) groups is 2. The molecule has 0 bridgehead atoms. The van der Waals surface area contributed by atoms with Crippen LogP contribution in [0.4, 0.5) is 10.1 Å². The molecule has 24 heavy (non-hydrogen) atoms. The molecule has 0 aliphatic carbocycles. The zero-order valence-electron chi connectivity index (χ0n) is 13.8. The summed E-state index contributed by atoms with van der Waals surface area (Å²) in [4.78, 5) is 23.5. The molecular weight excluding hydrogens is 309 g/mol. The molecule has 1 N–H and O–H groups in total. The van der Waals surface area contributed by atoms with Gasteiger partial charge in [-0.3, -0.25) is 9.59 Å². The van der Waals surface area contributed by atoms with Crippen molar-refractivity contribution in [2.75, 3.05) is 11.9 Å². The fourth-order valence-corrected chi connectivity index (χ4v) is 2.13. The van der Waals surface area contributed by atoms with Crippen LogP contribution in [0.2, 0.25) is 0 Å². The van der Waals surface area contributed by atoms with E-state index in [-0.39, 0.29) is 24.8 Å². The average molecular weight is 329 g/mol. The second kappa shape index (κ2) is 8.24. The molecule has 126 valence electrons. The number of hydrogen-bond acceptors (Lipinski definition) is 3. The molecule has 0 spiro atoms. The van der Waals surface area contributed by atoms with Crippen LogP contribution < -0.4 is 5.32 Å². The first-order valence-corrected chi connectivity index (χ1v) is 7.71. The number of hydrogen-bond donors (Lipinski definition) is 1. The number of nitrogens with one attached hydrogen (secondary N) is 1. The molecule has 0 aliphatic heterocycles. The number of aryl methyl sites for hydroxylation is 3. The zero-order valence-corrected chi connectivity index (χ0v) is 13.8. The van der Waals surface area contributed by atoms with Gasteiger partial charge in [-0.2, -0.15) is 0 Å². The highest BCUT2D eigenvalue weighted by molar-refractivity contribution is 5.92. The third kappa shape index (κ3) is 5.50. The lowest BCUT2D eigenvalue weighted by atomic mass is 10.1. The summed E-state index contributed by atoms with van der Waals surface area (Å²) in [6, 6.07) is 11.5. The molecule has 0 radical (unpaired) electrons. The molecule has 0 saturated carbocycles. The summed E-state index contributed by atoms with van der Waals surface area (Å²) in [5, 5.41) is 2.69. The maximum absolute atomic E-state index is 12.8.